The number of nitrogens with zero attached hydrogens (tertiary/aromatic N) is 2. The number of carbonyl (C=O) groups is 1. The fourth-order valence-electron chi connectivity index (χ4n) is 2.86. The van der Waals surface area contributed by atoms with E-state index in [0.29, 0.717) is 18.1 Å². The molecule has 1 aliphatic rings. The van der Waals surface area contributed by atoms with Crippen LogP contribution in [0.2, 0.25) is 0 Å². The van der Waals surface area contributed by atoms with E-state index in [0.717, 1.165) is 24.8 Å². The van der Waals surface area contributed by atoms with Gasteiger partial charge in [0.2, 0.25) is 5.91 Å². The van der Waals surface area contributed by atoms with Crippen molar-refractivity contribution in [2.75, 3.05) is 0 Å². The van der Waals surface area contributed by atoms with Crippen molar-refractivity contribution >= 4 is 5.91 Å². The van der Waals surface area contributed by atoms with E-state index in [9.17, 15) is 4.79 Å². The zero-order valence-corrected chi connectivity index (χ0v) is 14.2. The second kappa shape index (κ2) is 6.73. The average Bonchev–Trinajstić information content (AvgIpc) is 3.00. The first-order chi connectivity index (χ1) is 11.5. The number of carbonyl (C=O) groups excluding carboxylic acids is 1. The first-order valence-corrected chi connectivity index (χ1v) is 8.45. The minimum atomic E-state index is -0.481. The van der Waals surface area contributed by atoms with Gasteiger partial charge in [-0.2, -0.15) is 4.98 Å². The largest absolute Gasteiger partial charge is 0.341 e. The molecular weight excluding hydrogens is 304 g/mol. The number of nitrogens with two attached hydrogens (primary N) is 1. The summed E-state index contributed by atoms with van der Waals surface area (Å²) < 4.78 is 5.45. The molecule has 1 aromatic heterocycles. The summed E-state index contributed by atoms with van der Waals surface area (Å²) in [6.07, 6.45) is 3.25. The number of benzene rings is 1. The standard InChI is InChI=1S/C18H24N4O2/c1-12(2)11-14(23)20-15(13-7-4-3-5-8-13)16-21-17(22-24-16)18(19)9-6-10-18/h3-5,7-8,12,15H,6,9-11,19H2,1-2H3,(H,20,23). The minimum Gasteiger partial charge on any atom is -0.341 e. The van der Waals surface area contributed by atoms with Crippen LogP contribution in [0.3, 0.4) is 0 Å². The molecule has 1 atom stereocenters. The number of amides is 1. The molecule has 0 spiro atoms. The Morgan fingerprint density at radius 2 is 2.04 bits per heavy atom. The highest BCUT2D eigenvalue weighted by molar-refractivity contribution is 5.77. The highest BCUT2D eigenvalue weighted by atomic mass is 16.5. The molecule has 128 valence electrons. The van der Waals surface area contributed by atoms with Gasteiger partial charge in [0.05, 0.1) is 5.54 Å². The van der Waals surface area contributed by atoms with E-state index in [1.165, 1.54) is 0 Å². The Bertz CT molecular complexity index is 692. The molecule has 1 heterocycles. The van der Waals surface area contributed by atoms with Crippen molar-refractivity contribution in [1.29, 1.82) is 0 Å². The van der Waals surface area contributed by atoms with Crippen LogP contribution < -0.4 is 11.1 Å². The Morgan fingerprint density at radius 1 is 1.33 bits per heavy atom. The van der Waals surface area contributed by atoms with Crippen LogP contribution >= 0.6 is 0 Å². The molecule has 3 N–H and O–H groups in total. The second-order valence-electron chi connectivity index (χ2n) is 6.98. The summed E-state index contributed by atoms with van der Waals surface area (Å²) in [5.74, 6) is 1.15. The summed E-state index contributed by atoms with van der Waals surface area (Å²) in [6, 6.07) is 9.19. The third-order valence-electron chi connectivity index (χ3n) is 4.41. The zero-order chi connectivity index (χ0) is 17.2. The summed E-state index contributed by atoms with van der Waals surface area (Å²) in [7, 11) is 0. The second-order valence-corrected chi connectivity index (χ2v) is 6.98. The molecule has 24 heavy (non-hydrogen) atoms. The molecule has 0 aliphatic heterocycles. The van der Waals surface area contributed by atoms with Gasteiger partial charge in [0.1, 0.15) is 6.04 Å². The topological polar surface area (TPSA) is 94.0 Å². The summed E-state index contributed by atoms with van der Waals surface area (Å²) in [5.41, 5.74) is 6.70. The normalized spacial score (nSPS) is 17.3. The van der Waals surface area contributed by atoms with Gasteiger partial charge in [-0.1, -0.05) is 49.3 Å². The molecule has 1 saturated carbocycles. The lowest BCUT2D eigenvalue weighted by Crippen LogP contribution is -2.44. The first-order valence-electron chi connectivity index (χ1n) is 8.45. The monoisotopic (exact) mass is 328 g/mol. The molecule has 3 rings (SSSR count). The van der Waals surface area contributed by atoms with Crippen molar-refractivity contribution < 1.29 is 9.32 Å². The Kier molecular flexibility index (Phi) is 4.66. The number of hydrogen-bond donors (Lipinski definition) is 2. The summed E-state index contributed by atoms with van der Waals surface area (Å²) in [5, 5.41) is 7.07. The van der Waals surface area contributed by atoms with Gasteiger partial charge in [0.25, 0.3) is 5.89 Å². The van der Waals surface area contributed by atoms with Crippen molar-refractivity contribution in [2.24, 2.45) is 11.7 Å². The maximum Gasteiger partial charge on any atom is 0.253 e. The molecule has 1 aliphatic carbocycles. The van der Waals surface area contributed by atoms with Crippen LogP contribution in [-0.4, -0.2) is 16.0 Å². The molecule has 1 unspecified atom stereocenters. The molecule has 1 aromatic carbocycles. The molecule has 6 heteroatoms. The highest BCUT2D eigenvalue weighted by Crippen LogP contribution is 2.37. The van der Waals surface area contributed by atoms with Gasteiger partial charge >= 0.3 is 0 Å². The lowest BCUT2D eigenvalue weighted by atomic mass is 9.77. The van der Waals surface area contributed by atoms with Gasteiger partial charge in [-0.15, -0.1) is 0 Å². The van der Waals surface area contributed by atoms with Crippen molar-refractivity contribution in [1.82, 2.24) is 15.5 Å². The molecule has 0 radical (unpaired) electrons. The van der Waals surface area contributed by atoms with E-state index < -0.39 is 11.6 Å². The van der Waals surface area contributed by atoms with Crippen LogP contribution in [0.25, 0.3) is 0 Å². The molecule has 1 amide bonds. The van der Waals surface area contributed by atoms with Gasteiger partial charge in [0.15, 0.2) is 5.82 Å². The Labute approximate surface area is 141 Å². The van der Waals surface area contributed by atoms with Gasteiger partial charge in [-0.05, 0) is 30.7 Å². The van der Waals surface area contributed by atoms with Gasteiger partial charge in [-0.3, -0.25) is 4.79 Å². The average molecular weight is 328 g/mol. The van der Waals surface area contributed by atoms with Crippen molar-refractivity contribution in [3.8, 4) is 0 Å². The van der Waals surface area contributed by atoms with Gasteiger partial charge in [-0.25, -0.2) is 0 Å². The molecule has 6 nitrogen and oxygen atoms in total. The quantitative estimate of drug-likeness (QED) is 0.850. The molecular formula is C18H24N4O2. The smallest absolute Gasteiger partial charge is 0.253 e. The number of nitrogens with one attached hydrogen (secondary N) is 1. The van der Waals surface area contributed by atoms with Crippen LogP contribution in [-0.2, 0) is 10.3 Å². The van der Waals surface area contributed by atoms with Gasteiger partial charge in [0, 0.05) is 6.42 Å². The summed E-state index contributed by atoms with van der Waals surface area (Å²) >= 11 is 0. The van der Waals surface area contributed by atoms with Crippen LogP contribution in [0, 0.1) is 5.92 Å². The third-order valence-corrected chi connectivity index (χ3v) is 4.41. The first kappa shape index (κ1) is 16.6. The fraction of sp³-hybridized carbons (Fsp3) is 0.500. The lowest BCUT2D eigenvalue weighted by molar-refractivity contribution is -0.122. The Hall–Kier alpha value is -2.21. The zero-order valence-electron chi connectivity index (χ0n) is 14.2. The molecule has 2 aromatic rings. The third kappa shape index (κ3) is 3.48. The van der Waals surface area contributed by atoms with E-state index in [1.807, 2.05) is 44.2 Å². The number of hydrogen-bond acceptors (Lipinski definition) is 5. The van der Waals surface area contributed by atoms with E-state index >= 15 is 0 Å². The molecule has 1 fully saturated rings. The van der Waals surface area contributed by atoms with Crippen LogP contribution in [0.15, 0.2) is 34.9 Å². The van der Waals surface area contributed by atoms with E-state index in [1.54, 1.807) is 0 Å². The number of aromatic nitrogens is 2. The minimum absolute atomic E-state index is 0.0373. The van der Waals surface area contributed by atoms with Crippen LogP contribution in [0.4, 0.5) is 0 Å². The van der Waals surface area contributed by atoms with E-state index in [2.05, 4.69) is 15.5 Å². The Balaban J connectivity index is 1.86. The van der Waals surface area contributed by atoms with E-state index in [-0.39, 0.29) is 11.8 Å². The Morgan fingerprint density at radius 3 is 2.62 bits per heavy atom. The van der Waals surface area contributed by atoms with Gasteiger partial charge < -0.3 is 15.6 Å². The molecule has 0 saturated heterocycles. The maximum atomic E-state index is 12.3. The predicted molar refractivity (Wildman–Crippen MR) is 89.9 cm³/mol. The highest BCUT2D eigenvalue weighted by Gasteiger charge is 2.39. The number of rotatable bonds is 6. The predicted octanol–water partition coefficient (Wildman–Crippen LogP) is 2.66. The van der Waals surface area contributed by atoms with Crippen LogP contribution in [0.1, 0.15) is 62.9 Å². The van der Waals surface area contributed by atoms with Crippen molar-refractivity contribution in [3.63, 3.8) is 0 Å². The van der Waals surface area contributed by atoms with E-state index in [4.69, 9.17) is 10.3 Å². The van der Waals surface area contributed by atoms with Crippen molar-refractivity contribution in [2.45, 2.75) is 51.1 Å². The van der Waals surface area contributed by atoms with Crippen LogP contribution in [0.5, 0.6) is 0 Å². The maximum absolute atomic E-state index is 12.3. The summed E-state index contributed by atoms with van der Waals surface area (Å²) in [4.78, 5) is 16.8. The lowest BCUT2D eigenvalue weighted by Gasteiger charge is -2.34. The molecule has 0 bridgehead atoms. The fourth-order valence-corrected chi connectivity index (χ4v) is 2.86. The summed E-state index contributed by atoms with van der Waals surface area (Å²) in [6.45, 7) is 4.02. The SMILES string of the molecule is CC(C)CC(=O)NC(c1ccccc1)c1nc(C2(N)CCC2)no1. The van der Waals surface area contributed by atoms with Crippen molar-refractivity contribution in [3.05, 3.63) is 47.6 Å².